The number of anilines is 1. The van der Waals surface area contributed by atoms with E-state index in [0.29, 0.717) is 0 Å². The number of aromatic hydroxyl groups is 1. The van der Waals surface area contributed by atoms with Crippen LogP contribution in [0.1, 0.15) is 5.56 Å². The van der Waals surface area contributed by atoms with Gasteiger partial charge in [0.2, 0.25) is 0 Å². The molecule has 1 rings (SSSR count). The molecule has 0 saturated heterocycles. The zero-order valence-corrected chi connectivity index (χ0v) is 7.41. The Bertz CT molecular complexity index is 292. The Morgan fingerprint density at radius 1 is 1.42 bits per heavy atom. The third-order valence-electron chi connectivity index (χ3n) is 1.72. The molecule has 2 nitrogen and oxygen atoms in total. The van der Waals surface area contributed by atoms with E-state index in [4.69, 9.17) is 0 Å². The molecule has 0 atom stereocenters. The fourth-order valence-electron chi connectivity index (χ4n) is 1.09. The minimum absolute atomic E-state index is 0.282. The average Bonchev–Trinajstić information content (AvgIpc) is 2.04. The molecule has 64 valence electrons. The fraction of sp³-hybridized carbons (Fsp3) is 0.200. The summed E-state index contributed by atoms with van der Waals surface area (Å²) in [7, 11) is 3.86. The number of hydrogen-bond acceptors (Lipinski definition) is 2. The van der Waals surface area contributed by atoms with Crippen LogP contribution in [0.2, 0.25) is 0 Å². The number of phenolic OH excluding ortho intramolecular Hbond substituents is 1. The molecule has 0 aromatic heterocycles. The molecular formula is C10H13NO. The number of benzene rings is 1. The van der Waals surface area contributed by atoms with Crippen LogP contribution in [0, 0.1) is 0 Å². The monoisotopic (exact) mass is 163 g/mol. The van der Waals surface area contributed by atoms with Crippen molar-refractivity contribution in [2.45, 2.75) is 0 Å². The van der Waals surface area contributed by atoms with E-state index in [9.17, 15) is 5.11 Å². The normalized spacial score (nSPS) is 9.50. The Morgan fingerprint density at radius 2 is 2.08 bits per heavy atom. The Labute approximate surface area is 72.8 Å². The molecule has 1 N–H and O–H groups in total. The van der Waals surface area contributed by atoms with Crippen LogP contribution in [-0.4, -0.2) is 19.2 Å². The predicted molar refractivity (Wildman–Crippen MR) is 52.5 cm³/mol. The molecule has 1 aromatic rings. The number of rotatable bonds is 2. The van der Waals surface area contributed by atoms with E-state index < -0.39 is 0 Å². The molecule has 0 amide bonds. The van der Waals surface area contributed by atoms with Crippen molar-refractivity contribution in [1.82, 2.24) is 0 Å². The van der Waals surface area contributed by atoms with Gasteiger partial charge in [-0.05, 0) is 17.7 Å². The summed E-state index contributed by atoms with van der Waals surface area (Å²) >= 11 is 0. The summed E-state index contributed by atoms with van der Waals surface area (Å²) in [6, 6.07) is 5.22. The van der Waals surface area contributed by atoms with E-state index in [1.165, 1.54) is 0 Å². The number of phenols is 1. The minimum Gasteiger partial charge on any atom is -0.508 e. The summed E-state index contributed by atoms with van der Waals surface area (Å²) in [5.74, 6) is 0.282. The quantitative estimate of drug-likeness (QED) is 0.721. The van der Waals surface area contributed by atoms with E-state index in [-0.39, 0.29) is 5.75 Å². The summed E-state index contributed by atoms with van der Waals surface area (Å²) in [4.78, 5) is 1.94. The third kappa shape index (κ3) is 1.59. The van der Waals surface area contributed by atoms with E-state index in [1.807, 2.05) is 25.1 Å². The lowest BCUT2D eigenvalue weighted by Crippen LogP contribution is -2.09. The van der Waals surface area contributed by atoms with Gasteiger partial charge in [0.25, 0.3) is 0 Å². The van der Waals surface area contributed by atoms with Crippen molar-refractivity contribution >= 4 is 11.8 Å². The zero-order chi connectivity index (χ0) is 9.14. The van der Waals surface area contributed by atoms with Gasteiger partial charge in [0, 0.05) is 25.8 Å². The first-order chi connectivity index (χ1) is 5.65. The number of hydrogen-bond donors (Lipinski definition) is 1. The first kappa shape index (κ1) is 8.65. The average molecular weight is 163 g/mol. The second kappa shape index (κ2) is 3.30. The van der Waals surface area contributed by atoms with Gasteiger partial charge in [-0.2, -0.15) is 0 Å². The van der Waals surface area contributed by atoms with Crippen LogP contribution in [0.4, 0.5) is 5.69 Å². The summed E-state index contributed by atoms with van der Waals surface area (Å²) in [5.41, 5.74) is 2.00. The molecule has 0 spiro atoms. The molecule has 0 heterocycles. The van der Waals surface area contributed by atoms with Crippen LogP contribution in [0.5, 0.6) is 5.75 Å². The molecule has 0 aliphatic rings. The predicted octanol–water partition coefficient (Wildman–Crippen LogP) is 2.10. The summed E-state index contributed by atoms with van der Waals surface area (Å²) in [6.07, 6.45) is 1.77. The van der Waals surface area contributed by atoms with Crippen LogP contribution in [-0.2, 0) is 0 Å². The van der Waals surface area contributed by atoms with E-state index >= 15 is 0 Å². The van der Waals surface area contributed by atoms with Gasteiger partial charge >= 0.3 is 0 Å². The van der Waals surface area contributed by atoms with Gasteiger partial charge in [-0.1, -0.05) is 12.7 Å². The lowest BCUT2D eigenvalue weighted by Gasteiger charge is -2.15. The molecule has 1 aromatic carbocycles. The number of nitrogens with zero attached hydrogens (tertiary/aromatic N) is 1. The van der Waals surface area contributed by atoms with E-state index in [0.717, 1.165) is 11.3 Å². The van der Waals surface area contributed by atoms with E-state index in [1.54, 1.807) is 18.2 Å². The maximum absolute atomic E-state index is 9.22. The Balaban J connectivity index is 3.21. The first-order valence-corrected chi connectivity index (χ1v) is 3.78. The highest BCUT2D eigenvalue weighted by Crippen LogP contribution is 2.24. The fourth-order valence-corrected chi connectivity index (χ4v) is 1.09. The highest BCUT2D eigenvalue weighted by molar-refractivity contribution is 5.68. The van der Waals surface area contributed by atoms with Gasteiger partial charge in [0.15, 0.2) is 0 Å². The molecule has 0 unspecified atom stereocenters. The standard InChI is InChI=1S/C10H13NO/c1-4-8-5-6-9(12)7-10(8)11(2)3/h4-7,12H,1H2,2-3H3. The van der Waals surface area contributed by atoms with Crippen molar-refractivity contribution in [1.29, 1.82) is 0 Å². The molecule has 0 saturated carbocycles. The third-order valence-corrected chi connectivity index (χ3v) is 1.72. The molecule has 0 fully saturated rings. The maximum atomic E-state index is 9.22. The Hall–Kier alpha value is -1.44. The SMILES string of the molecule is C=Cc1ccc(O)cc1N(C)C. The molecular weight excluding hydrogens is 150 g/mol. The van der Waals surface area contributed by atoms with Crippen molar-refractivity contribution in [3.8, 4) is 5.75 Å². The lowest BCUT2D eigenvalue weighted by atomic mass is 10.1. The minimum atomic E-state index is 0.282. The van der Waals surface area contributed by atoms with Gasteiger partial charge < -0.3 is 10.0 Å². The van der Waals surface area contributed by atoms with Crippen molar-refractivity contribution in [3.05, 3.63) is 30.3 Å². The second-order valence-corrected chi connectivity index (χ2v) is 2.84. The van der Waals surface area contributed by atoms with Crippen LogP contribution in [0.3, 0.4) is 0 Å². The van der Waals surface area contributed by atoms with Crippen molar-refractivity contribution in [3.63, 3.8) is 0 Å². The van der Waals surface area contributed by atoms with Gasteiger partial charge in [0.1, 0.15) is 5.75 Å². The molecule has 0 aliphatic carbocycles. The Morgan fingerprint density at radius 3 is 2.58 bits per heavy atom. The second-order valence-electron chi connectivity index (χ2n) is 2.84. The molecule has 2 heteroatoms. The Kier molecular flexibility index (Phi) is 2.38. The molecule has 12 heavy (non-hydrogen) atoms. The van der Waals surface area contributed by atoms with Crippen molar-refractivity contribution < 1.29 is 5.11 Å². The van der Waals surface area contributed by atoms with Gasteiger partial charge in [0.05, 0.1) is 0 Å². The molecule has 0 aliphatic heterocycles. The maximum Gasteiger partial charge on any atom is 0.117 e. The topological polar surface area (TPSA) is 23.5 Å². The van der Waals surface area contributed by atoms with E-state index in [2.05, 4.69) is 6.58 Å². The van der Waals surface area contributed by atoms with Crippen molar-refractivity contribution in [2.24, 2.45) is 0 Å². The molecule has 0 radical (unpaired) electrons. The first-order valence-electron chi connectivity index (χ1n) is 3.78. The van der Waals surface area contributed by atoms with Gasteiger partial charge in [-0.15, -0.1) is 0 Å². The molecule has 0 bridgehead atoms. The summed E-state index contributed by atoms with van der Waals surface area (Å²) in [5, 5.41) is 9.22. The summed E-state index contributed by atoms with van der Waals surface area (Å²) in [6.45, 7) is 3.70. The van der Waals surface area contributed by atoms with Gasteiger partial charge in [-0.3, -0.25) is 0 Å². The van der Waals surface area contributed by atoms with Crippen molar-refractivity contribution in [2.75, 3.05) is 19.0 Å². The van der Waals surface area contributed by atoms with Crippen LogP contribution < -0.4 is 4.90 Å². The zero-order valence-electron chi connectivity index (χ0n) is 7.41. The van der Waals surface area contributed by atoms with Crippen LogP contribution in [0.15, 0.2) is 24.8 Å². The summed E-state index contributed by atoms with van der Waals surface area (Å²) < 4.78 is 0. The van der Waals surface area contributed by atoms with Crippen LogP contribution >= 0.6 is 0 Å². The largest absolute Gasteiger partial charge is 0.508 e. The van der Waals surface area contributed by atoms with Crippen LogP contribution in [0.25, 0.3) is 6.08 Å². The smallest absolute Gasteiger partial charge is 0.117 e. The highest BCUT2D eigenvalue weighted by atomic mass is 16.3. The highest BCUT2D eigenvalue weighted by Gasteiger charge is 2.01. The lowest BCUT2D eigenvalue weighted by molar-refractivity contribution is 0.475. The van der Waals surface area contributed by atoms with Gasteiger partial charge in [-0.25, -0.2) is 0 Å².